The summed E-state index contributed by atoms with van der Waals surface area (Å²) in [5, 5.41) is 13.9. The maximum Gasteiger partial charge on any atom is 0.278 e. The van der Waals surface area contributed by atoms with Crippen molar-refractivity contribution in [2.75, 3.05) is 10.6 Å². The number of hydrogen-bond acceptors (Lipinski definition) is 6. The lowest BCUT2D eigenvalue weighted by Crippen LogP contribution is -2.24. The normalized spacial score (nSPS) is 11.7. The van der Waals surface area contributed by atoms with Crippen molar-refractivity contribution in [3.8, 4) is 11.3 Å². The number of H-pyrrole nitrogens is 1. The van der Waals surface area contributed by atoms with Gasteiger partial charge in [-0.1, -0.05) is 41.1 Å². The Balaban J connectivity index is 1.79. The van der Waals surface area contributed by atoms with Crippen molar-refractivity contribution >= 4 is 46.6 Å². The second-order valence-corrected chi connectivity index (χ2v) is 8.94. The summed E-state index contributed by atoms with van der Waals surface area (Å²) in [5.74, 6) is -0.528. The number of nitrogens with one attached hydrogen (secondary N) is 3. The molecule has 0 spiro atoms. The fraction of sp³-hybridized carbons (Fsp3) is 0.227. The molecule has 0 unspecified atom stereocenters. The molecule has 0 bridgehead atoms. The lowest BCUT2D eigenvalue weighted by atomic mass is 10.1. The van der Waals surface area contributed by atoms with Gasteiger partial charge in [-0.15, -0.1) is 10.2 Å². The van der Waals surface area contributed by atoms with Crippen molar-refractivity contribution in [1.29, 1.82) is 0 Å². The number of hydrogen-bond donors (Lipinski definition) is 3. The first-order valence-corrected chi connectivity index (χ1v) is 11.0. The van der Waals surface area contributed by atoms with Gasteiger partial charge in [-0.05, 0) is 50.6 Å². The van der Waals surface area contributed by atoms with Gasteiger partial charge in [-0.2, -0.15) is 0 Å². The minimum absolute atomic E-state index is 0.0773. The van der Waals surface area contributed by atoms with E-state index in [2.05, 4.69) is 25.8 Å². The third kappa shape index (κ3) is 5.54. The lowest BCUT2D eigenvalue weighted by Gasteiger charge is -2.14. The van der Waals surface area contributed by atoms with Crippen molar-refractivity contribution in [2.24, 2.45) is 0 Å². The molecule has 0 radical (unpaired) electrons. The Morgan fingerprint density at radius 2 is 1.84 bits per heavy atom. The van der Waals surface area contributed by atoms with Gasteiger partial charge in [-0.3, -0.25) is 19.4 Å². The van der Waals surface area contributed by atoms with Gasteiger partial charge in [0, 0.05) is 23.2 Å². The Morgan fingerprint density at radius 1 is 1.09 bits per heavy atom. The van der Waals surface area contributed by atoms with E-state index in [1.54, 1.807) is 37.3 Å². The first-order valence-electron chi connectivity index (χ1n) is 9.74. The van der Waals surface area contributed by atoms with Gasteiger partial charge in [0.15, 0.2) is 10.9 Å². The van der Waals surface area contributed by atoms with Gasteiger partial charge in [0.05, 0.1) is 10.9 Å². The molecule has 2 amide bonds. The molecule has 0 fully saturated rings. The highest BCUT2D eigenvalue weighted by Crippen LogP contribution is 2.27. The van der Waals surface area contributed by atoms with Crippen LogP contribution < -0.4 is 16.2 Å². The highest BCUT2D eigenvalue weighted by Gasteiger charge is 2.19. The van der Waals surface area contributed by atoms with E-state index in [4.69, 9.17) is 11.6 Å². The topological polar surface area (TPSA) is 117 Å². The van der Waals surface area contributed by atoms with Crippen LogP contribution in [-0.4, -0.2) is 32.2 Å². The standard InChI is InChI=1S/C22H22ClN5O3S/c1-11-8-9-18(24-14(4)29)15(10-11)19-21(31)26-22(28-27-19)32-13(3)20(30)25-17-7-5-6-16(23)12(17)2/h5-10,13H,1-4H3,(H,24,29)(H,25,30)(H,26,28,31)/t13-/m0/s1. The number of carbonyl (C=O) groups is 2. The largest absolute Gasteiger partial charge is 0.326 e. The molecule has 1 heterocycles. The van der Waals surface area contributed by atoms with E-state index in [9.17, 15) is 14.4 Å². The first-order chi connectivity index (χ1) is 15.2. The number of benzene rings is 2. The molecule has 2 aromatic carbocycles. The minimum Gasteiger partial charge on any atom is -0.326 e. The van der Waals surface area contributed by atoms with Gasteiger partial charge >= 0.3 is 0 Å². The van der Waals surface area contributed by atoms with E-state index in [1.165, 1.54) is 6.92 Å². The van der Waals surface area contributed by atoms with Crippen LogP contribution in [-0.2, 0) is 9.59 Å². The third-order valence-electron chi connectivity index (χ3n) is 4.60. The zero-order valence-electron chi connectivity index (χ0n) is 17.9. The molecule has 3 rings (SSSR count). The van der Waals surface area contributed by atoms with Gasteiger partial charge < -0.3 is 10.6 Å². The van der Waals surface area contributed by atoms with Crippen molar-refractivity contribution in [3.05, 3.63) is 62.9 Å². The molecule has 1 aromatic heterocycles. The van der Waals surface area contributed by atoms with E-state index in [0.717, 1.165) is 22.9 Å². The second kappa shape index (κ2) is 9.97. The van der Waals surface area contributed by atoms with Crippen LogP contribution in [0.4, 0.5) is 11.4 Å². The summed E-state index contributed by atoms with van der Waals surface area (Å²) in [6.07, 6.45) is 0. The number of rotatable bonds is 6. The van der Waals surface area contributed by atoms with Crippen LogP contribution in [0.2, 0.25) is 5.02 Å². The summed E-state index contributed by atoms with van der Waals surface area (Å²) in [7, 11) is 0. The zero-order valence-corrected chi connectivity index (χ0v) is 19.5. The molecule has 8 nitrogen and oxygen atoms in total. The average Bonchev–Trinajstić information content (AvgIpc) is 2.72. The number of amides is 2. The molecular weight excluding hydrogens is 450 g/mol. The summed E-state index contributed by atoms with van der Waals surface area (Å²) in [4.78, 5) is 39.5. The Labute approximate surface area is 194 Å². The first kappa shape index (κ1) is 23.5. The van der Waals surface area contributed by atoms with Crippen LogP contribution in [0.1, 0.15) is 25.0 Å². The lowest BCUT2D eigenvalue weighted by molar-refractivity contribution is -0.115. The third-order valence-corrected chi connectivity index (χ3v) is 5.98. The Morgan fingerprint density at radius 3 is 2.53 bits per heavy atom. The van der Waals surface area contributed by atoms with Crippen LogP contribution in [0.5, 0.6) is 0 Å². The highest BCUT2D eigenvalue weighted by atomic mass is 35.5. The van der Waals surface area contributed by atoms with Crippen LogP contribution >= 0.6 is 23.4 Å². The number of carbonyl (C=O) groups excluding carboxylic acids is 2. The zero-order chi connectivity index (χ0) is 23.4. The van der Waals surface area contributed by atoms with Crippen molar-refractivity contribution in [2.45, 2.75) is 38.1 Å². The fourth-order valence-corrected chi connectivity index (χ4v) is 3.82. The quantitative estimate of drug-likeness (QED) is 0.464. The molecule has 32 heavy (non-hydrogen) atoms. The number of thioether (sulfide) groups is 1. The van der Waals surface area contributed by atoms with Crippen LogP contribution in [0.25, 0.3) is 11.3 Å². The van der Waals surface area contributed by atoms with Crippen LogP contribution in [0, 0.1) is 13.8 Å². The molecule has 0 aliphatic heterocycles. The number of aromatic nitrogens is 3. The maximum atomic E-state index is 12.7. The predicted octanol–water partition coefficient (Wildman–Crippen LogP) is 4.18. The number of anilines is 2. The Bertz CT molecular complexity index is 1240. The SMILES string of the molecule is CC(=O)Nc1ccc(C)cc1-c1nnc(S[C@@H](C)C(=O)Nc2cccc(Cl)c2C)[nH]c1=O. The molecule has 3 N–H and O–H groups in total. The monoisotopic (exact) mass is 471 g/mol. The Kier molecular flexibility index (Phi) is 7.32. The van der Waals surface area contributed by atoms with E-state index in [1.807, 2.05) is 19.9 Å². The summed E-state index contributed by atoms with van der Waals surface area (Å²) in [6, 6.07) is 10.5. The molecule has 0 aliphatic carbocycles. The number of nitrogens with zero attached hydrogens (tertiary/aromatic N) is 2. The number of aryl methyl sites for hydroxylation is 1. The molecule has 1 atom stereocenters. The van der Waals surface area contributed by atoms with Crippen molar-refractivity contribution in [3.63, 3.8) is 0 Å². The molecule has 0 saturated carbocycles. The number of aromatic amines is 1. The Hall–Kier alpha value is -3.17. The highest BCUT2D eigenvalue weighted by molar-refractivity contribution is 8.00. The molecule has 3 aromatic rings. The molecule has 166 valence electrons. The predicted molar refractivity (Wildman–Crippen MR) is 127 cm³/mol. The van der Waals surface area contributed by atoms with Gasteiger partial charge in [0.25, 0.3) is 5.56 Å². The average molecular weight is 472 g/mol. The van der Waals surface area contributed by atoms with Crippen molar-refractivity contribution in [1.82, 2.24) is 15.2 Å². The van der Waals surface area contributed by atoms with E-state index < -0.39 is 10.8 Å². The van der Waals surface area contributed by atoms with Gasteiger partial charge in [0.1, 0.15) is 0 Å². The molecular formula is C22H22ClN5O3S. The van der Waals surface area contributed by atoms with E-state index >= 15 is 0 Å². The van der Waals surface area contributed by atoms with E-state index in [0.29, 0.717) is 22.0 Å². The maximum absolute atomic E-state index is 12.7. The van der Waals surface area contributed by atoms with Crippen LogP contribution in [0.3, 0.4) is 0 Å². The van der Waals surface area contributed by atoms with Crippen molar-refractivity contribution < 1.29 is 9.59 Å². The van der Waals surface area contributed by atoms with Gasteiger partial charge in [0.2, 0.25) is 11.8 Å². The summed E-state index contributed by atoms with van der Waals surface area (Å²) in [6.45, 7) is 6.77. The summed E-state index contributed by atoms with van der Waals surface area (Å²) >= 11 is 7.17. The molecule has 0 saturated heterocycles. The molecule has 10 heteroatoms. The summed E-state index contributed by atoms with van der Waals surface area (Å²) < 4.78 is 0. The number of halogens is 1. The smallest absolute Gasteiger partial charge is 0.278 e. The van der Waals surface area contributed by atoms with E-state index in [-0.39, 0.29) is 22.7 Å². The van der Waals surface area contributed by atoms with Crippen LogP contribution in [0.15, 0.2) is 46.3 Å². The molecule has 0 aliphatic rings. The fourth-order valence-electron chi connectivity index (χ4n) is 2.90. The minimum atomic E-state index is -0.557. The summed E-state index contributed by atoms with van der Waals surface area (Å²) in [5.41, 5.74) is 2.82. The second-order valence-electron chi connectivity index (χ2n) is 7.20. The van der Waals surface area contributed by atoms with Gasteiger partial charge in [-0.25, -0.2) is 0 Å².